The Morgan fingerprint density at radius 3 is 2.48 bits per heavy atom. The topological polar surface area (TPSA) is 65.8 Å². The molecule has 3 aromatic carbocycles. The largest absolute Gasteiger partial charge is 0.325 e. The molecule has 0 aliphatic carbocycles. The van der Waals surface area contributed by atoms with Crippen LogP contribution in [0.15, 0.2) is 90.0 Å². The smallest absolute Gasteiger partial charge is 0.234 e. The van der Waals surface area contributed by atoms with E-state index in [1.807, 2.05) is 85.8 Å². The number of hydrogen-bond donors (Lipinski definition) is 1. The van der Waals surface area contributed by atoms with Crippen LogP contribution < -0.4 is 5.32 Å². The summed E-state index contributed by atoms with van der Waals surface area (Å²) in [6.07, 6.45) is 0. The quantitative estimate of drug-likeness (QED) is 0.309. The number of hydrogen-bond acceptors (Lipinski definition) is 4. The van der Waals surface area contributed by atoms with Crippen molar-refractivity contribution in [2.45, 2.75) is 11.9 Å². The molecule has 4 aromatic rings. The molecule has 0 aliphatic heterocycles. The van der Waals surface area contributed by atoms with E-state index in [0.29, 0.717) is 26.9 Å². The van der Waals surface area contributed by atoms with Crippen LogP contribution in [-0.2, 0) is 4.79 Å². The first-order valence-corrected chi connectivity index (χ1v) is 11.7. The molecule has 0 fully saturated rings. The SMILES string of the molecule is Cc1cccc(NC(=O)CSc2nc(-c3ccccc3)cc(-c3ccccc3Cl)c2C#N)c1. The molecule has 4 nitrogen and oxygen atoms in total. The molecular weight excluding hydrogens is 450 g/mol. The van der Waals surface area contributed by atoms with Crippen molar-refractivity contribution in [3.05, 3.63) is 101 Å². The monoisotopic (exact) mass is 469 g/mol. The number of nitriles is 1. The van der Waals surface area contributed by atoms with E-state index >= 15 is 0 Å². The summed E-state index contributed by atoms with van der Waals surface area (Å²) >= 11 is 7.71. The number of thioether (sulfide) groups is 1. The molecule has 0 bridgehead atoms. The highest BCUT2D eigenvalue weighted by molar-refractivity contribution is 8.00. The van der Waals surface area contributed by atoms with Crippen molar-refractivity contribution in [3.63, 3.8) is 0 Å². The normalized spacial score (nSPS) is 10.5. The Morgan fingerprint density at radius 1 is 1.00 bits per heavy atom. The van der Waals surface area contributed by atoms with E-state index in [2.05, 4.69) is 11.4 Å². The van der Waals surface area contributed by atoms with Gasteiger partial charge in [-0.2, -0.15) is 5.26 Å². The fraction of sp³-hybridized carbons (Fsp3) is 0.0741. The third kappa shape index (κ3) is 5.43. The number of aromatic nitrogens is 1. The third-order valence-electron chi connectivity index (χ3n) is 4.97. The van der Waals surface area contributed by atoms with Gasteiger partial charge in [0.15, 0.2) is 0 Å². The van der Waals surface area contributed by atoms with Crippen LogP contribution in [0.25, 0.3) is 22.4 Å². The molecule has 0 unspecified atom stereocenters. The summed E-state index contributed by atoms with van der Waals surface area (Å²) in [5.74, 6) is -0.0452. The fourth-order valence-electron chi connectivity index (χ4n) is 3.44. The van der Waals surface area contributed by atoms with Crippen molar-refractivity contribution in [1.82, 2.24) is 4.98 Å². The van der Waals surface area contributed by atoms with E-state index in [0.717, 1.165) is 22.4 Å². The number of halogens is 1. The van der Waals surface area contributed by atoms with Gasteiger partial charge in [0.05, 0.1) is 17.0 Å². The Morgan fingerprint density at radius 2 is 1.76 bits per heavy atom. The zero-order chi connectivity index (χ0) is 23.2. The number of carbonyl (C=O) groups is 1. The Bertz CT molecular complexity index is 1350. The molecule has 162 valence electrons. The van der Waals surface area contributed by atoms with Gasteiger partial charge in [0.2, 0.25) is 5.91 Å². The molecule has 0 saturated heterocycles. The van der Waals surface area contributed by atoms with E-state index in [1.54, 1.807) is 6.07 Å². The molecule has 1 aromatic heterocycles. The first kappa shape index (κ1) is 22.6. The Balaban J connectivity index is 1.70. The molecule has 1 N–H and O–H groups in total. The number of anilines is 1. The van der Waals surface area contributed by atoms with Crippen LogP contribution in [0.1, 0.15) is 11.1 Å². The van der Waals surface area contributed by atoms with Crippen molar-refractivity contribution in [1.29, 1.82) is 5.26 Å². The Kier molecular flexibility index (Phi) is 7.09. The number of carbonyl (C=O) groups excluding carboxylic acids is 1. The zero-order valence-electron chi connectivity index (χ0n) is 17.9. The van der Waals surface area contributed by atoms with Gasteiger partial charge in [-0.1, -0.05) is 84.0 Å². The maximum atomic E-state index is 12.6. The van der Waals surface area contributed by atoms with Gasteiger partial charge in [-0.05, 0) is 36.8 Å². The van der Waals surface area contributed by atoms with Crippen LogP contribution in [0.5, 0.6) is 0 Å². The van der Waals surface area contributed by atoms with Crippen LogP contribution in [0.4, 0.5) is 5.69 Å². The molecule has 33 heavy (non-hydrogen) atoms. The molecule has 1 heterocycles. The van der Waals surface area contributed by atoms with Gasteiger partial charge in [0.1, 0.15) is 11.1 Å². The lowest BCUT2D eigenvalue weighted by Gasteiger charge is -2.13. The highest BCUT2D eigenvalue weighted by Crippen LogP contribution is 2.37. The van der Waals surface area contributed by atoms with Crippen LogP contribution in [-0.4, -0.2) is 16.6 Å². The summed E-state index contributed by atoms with van der Waals surface area (Å²) in [5.41, 5.74) is 5.28. The average molecular weight is 470 g/mol. The molecule has 6 heteroatoms. The van der Waals surface area contributed by atoms with E-state index in [-0.39, 0.29) is 11.7 Å². The maximum Gasteiger partial charge on any atom is 0.234 e. The number of benzene rings is 3. The van der Waals surface area contributed by atoms with Crippen molar-refractivity contribution in [2.24, 2.45) is 0 Å². The van der Waals surface area contributed by atoms with Crippen molar-refractivity contribution < 1.29 is 4.79 Å². The van der Waals surface area contributed by atoms with Crippen molar-refractivity contribution in [3.8, 4) is 28.5 Å². The first-order chi connectivity index (χ1) is 16.0. The lowest BCUT2D eigenvalue weighted by atomic mass is 9.99. The minimum atomic E-state index is -0.166. The second kappa shape index (κ2) is 10.4. The van der Waals surface area contributed by atoms with Crippen LogP contribution >= 0.6 is 23.4 Å². The molecular formula is C27H20ClN3OS. The van der Waals surface area contributed by atoms with Crippen LogP contribution in [0, 0.1) is 18.3 Å². The number of amides is 1. The van der Waals surface area contributed by atoms with Gasteiger partial charge in [0, 0.05) is 27.4 Å². The molecule has 0 spiro atoms. The number of aryl methyl sites for hydroxylation is 1. The van der Waals surface area contributed by atoms with E-state index < -0.39 is 0 Å². The average Bonchev–Trinajstić information content (AvgIpc) is 2.83. The third-order valence-corrected chi connectivity index (χ3v) is 6.28. The predicted octanol–water partition coefficient (Wildman–Crippen LogP) is 6.98. The summed E-state index contributed by atoms with van der Waals surface area (Å²) in [5, 5.41) is 13.9. The van der Waals surface area contributed by atoms with Crippen LogP contribution in [0.2, 0.25) is 5.02 Å². The van der Waals surface area contributed by atoms with E-state index in [4.69, 9.17) is 16.6 Å². The molecule has 0 aliphatic rings. The number of rotatable bonds is 6. The van der Waals surface area contributed by atoms with Crippen molar-refractivity contribution in [2.75, 3.05) is 11.1 Å². The second-order valence-corrected chi connectivity index (χ2v) is 8.77. The maximum absolute atomic E-state index is 12.6. The predicted molar refractivity (Wildman–Crippen MR) is 135 cm³/mol. The number of pyridine rings is 1. The molecule has 0 radical (unpaired) electrons. The molecule has 0 atom stereocenters. The van der Waals surface area contributed by atoms with Gasteiger partial charge in [-0.25, -0.2) is 4.98 Å². The lowest BCUT2D eigenvalue weighted by Crippen LogP contribution is -2.14. The minimum Gasteiger partial charge on any atom is -0.325 e. The highest BCUT2D eigenvalue weighted by atomic mass is 35.5. The van der Waals surface area contributed by atoms with Gasteiger partial charge in [0.25, 0.3) is 0 Å². The lowest BCUT2D eigenvalue weighted by molar-refractivity contribution is -0.113. The summed E-state index contributed by atoms with van der Waals surface area (Å²) in [4.78, 5) is 17.3. The molecule has 4 rings (SSSR count). The number of nitrogens with one attached hydrogen (secondary N) is 1. The van der Waals surface area contributed by atoms with Crippen molar-refractivity contribution >= 4 is 35.0 Å². The fourth-order valence-corrected chi connectivity index (χ4v) is 4.48. The molecule has 1 amide bonds. The Labute approximate surface area is 202 Å². The molecule has 0 saturated carbocycles. The Hall–Kier alpha value is -3.59. The van der Waals surface area contributed by atoms with Gasteiger partial charge >= 0.3 is 0 Å². The van der Waals surface area contributed by atoms with E-state index in [1.165, 1.54) is 11.8 Å². The standard InChI is InChI=1S/C27H20ClN3OS/c1-18-8-7-11-20(14-18)30-26(32)17-33-27-23(16-29)22(21-12-5-6-13-24(21)28)15-25(31-27)19-9-3-2-4-10-19/h2-15H,17H2,1H3,(H,30,32). The minimum absolute atomic E-state index is 0.121. The van der Waals surface area contributed by atoms with Gasteiger partial charge in [-0.3, -0.25) is 4.79 Å². The van der Waals surface area contributed by atoms with E-state index in [9.17, 15) is 10.1 Å². The number of nitrogens with zero attached hydrogens (tertiary/aromatic N) is 2. The second-order valence-electron chi connectivity index (χ2n) is 7.40. The summed E-state index contributed by atoms with van der Waals surface area (Å²) in [7, 11) is 0. The first-order valence-electron chi connectivity index (χ1n) is 10.3. The summed E-state index contributed by atoms with van der Waals surface area (Å²) in [6.45, 7) is 1.97. The van der Waals surface area contributed by atoms with Gasteiger partial charge < -0.3 is 5.32 Å². The highest BCUT2D eigenvalue weighted by Gasteiger charge is 2.18. The zero-order valence-corrected chi connectivity index (χ0v) is 19.5. The summed E-state index contributed by atoms with van der Waals surface area (Å²) < 4.78 is 0. The summed E-state index contributed by atoms with van der Waals surface area (Å²) in [6, 6.07) is 28.9. The van der Waals surface area contributed by atoms with Gasteiger partial charge in [-0.15, -0.1) is 0 Å². The van der Waals surface area contributed by atoms with Crippen LogP contribution in [0.3, 0.4) is 0 Å².